The third-order valence-corrected chi connectivity index (χ3v) is 4.64. The number of aromatic nitrogens is 1. The number of sulfonamides is 1. The molecule has 1 aromatic rings. The van der Waals surface area contributed by atoms with Gasteiger partial charge in [-0.25, -0.2) is 13.2 Å². The highest BCUT2D eigenvalue weighted by atomic mass is 32.2. The summed E-state index contributed by atoms with van der Waals surface area (Å²) < 4.78 is 34.3. The minimum absolute atomic E-state index is 0.139. The molecule has 0 aromatic carbocycles. The number of nitrogens with one attached hydrogen (secondary N) is 1. The quantitative estimate of drug-likeness (QED) is 0.699. The summed E-state index contributed by atoms with van der Waals surface area (Å²) in [6.45, 7) is 1.73. The van der Waals surface area contributed by atoms with Crippen LogP contribution in [0.4, 0.5) is 0 Å². The summed E-state index contributed by atoms with van der Waals surface area (Å²) in [5.74, 6) is -2.17. The van der Waals surface area contributed by atoms with Gasteiger partial charge in [-0.15, -0.1) is 0 Å². The molecule has 1 rings (SSSR count). The molecule has 0 amide bonds. The van der Waals surface area contributed by atoms with Gasteiger partial charge in [-0.2, -0.15) is 9.10 Å². The molecule has 0 bridgehead atoms. The lowest BCUT2D eigenvalue weighted by molar-refractivity contribution is -0.139. The van der Waals surface area contributed by atoms with Crippen LogP contribution in [0.15, 0.2) is 10.3 Å². The van der Waals surface area contributed by atoms with Crippen molar-refractivity contribution in [3.63, 3.8) is 0 Å². The minimum atomic E-state index is -4.15. The Balaban J connectivity index is 3.08. The SMILES string of the molecule is CCCC(NS(=O)(=O)c1csnc1C(=O)OC)C(=O)O. The predicted octanol–water partition coefficient (Wildman–Crippen LogP) is 0.461. The zero-order valence-corrected chi connectivity index (χ0v) is 12.5. The number of nitrogens with zero attached hydrogens (tertiary/aromatic N) is 1. The van der Waals surface area contributed by atoms with Crippen molar-refractivity contribution in [3.05, 3.63) is 11.1 Å². The van der Waals surface area contributed by atoms with Crippen LogP contribution in [-0.2, 0) is 19.6 Å². The number of carboxylic acid groups (broad SMARTS) is 1. The molecule has 8 nitrogen and oxygen atoms in total. The molecule has 0 saturated heterocycles. The molecule has 1 heterocycles. The highest BCUT2D eigenvalue weighted by Crippen LogP contribution is 2.18. The van der Waals surface area contributed by atoms with Crippen LogP contribution in [0.3, 0.4) is 0 Å². The Morgan fingerprint density at radius 2 is 2.20 bits per heavy atom. The van der Waals surface area contributed by atoms with Crippen molar-refractivity contribution < 1.29 is 27.9 Å². The number of carbonyl (C=O) groups is 2. The molecule has 0 radical (unpaired) electrons. The number of carbonyl (C=O) groups excluding carboxylic acids is 1. The van der Waals surface area contributed by atoms with Crippen molar-refractivity contribution in [1.82, 2.24) is 9.10 Å². The smallest absolute Gasteiger partial charge is 0.359 e. The second-order valence-corrected chi connectivity index (χ2v) is 6.13. The summed E-state index contributed by atoms with van der Waals surface area (Å²) in [4.78, 5) is 22.0. The van der Waals surface area contributed by atoms with E-state index >= 15 is 0 Å². The second kappa shape index (κ2) is 6.77. The van der Waals surface area contributed by atoms with E-state index in [4.69, 9.17) is 5.11 Å². The Hall–Kier alpha value is -1.52. The van der Waals surface area contributed by atoms with Gasteiger partial charge in [0.25, 0.3) is 0 Å². The van der Waals surface area contributed by atoms with Crippen molar-refractivity contribution in [2.45, 2.75) is 30.7 Å². The van der Waals surface area contributed by atoms with Gasteiger partial charge < -0.3 is 9.84 Å². The topological polar surface area (TPSA) is 123 Å². The van der Waals surface area contributed by atoms with Gasteiger partial charge in [-0.3, -0.25) is 4.79 Å². The van der Waals surface area contributed by atoms with E-state index < -0.39 is 28.0 Å². The van der Waals surface area contributed by atoms with Gasteiger partial charge in [0, 0.05) is 5.38 Å². The first-order chi connectivity index (χ1) is 9.33. The molecule has 0 aliphatic heterocycles. The van der Waals surface area contributed by atoms with Gasteiger partial charge in [0.2, 0.25) is 10.0 Å². The number of hydrogen-bond donors (Lipinski definition) is 2. The van der Waals surface area contributed by atoms with Crippen LogP contribution < -0.4 is 4.72 Å². The Kier molecular flexibility index (Phi) is 5.60. The van der Waals surface area contributed by atoms with Gasteiger partial charge in [0.1, 0.15) is 10.9 Å². The van der Waals surface area contributed by atoms with Crippen molar-refractivity contribution in [3.8, 4) is 0 Å². The molecule has 1 unspecified atom stereocenters. The molecule has 0 fully saturated rings. The van der Waals surface area contributed by atoms with Crippen molar-refractivity contribution in [2.75, 3.05) is 7.11 Å². The van der Waals surface area contributed by atoms with E-state index in [1.165, 1.54) is 0 Å². The Bertz CT molecular complexity index is 595. The predicted molar refractivity (Wildman–Crippen MR) is 70.1 cm³/mol. The van der Waals surface area contributed by atoms with E-state index in [1.54, 1.807) is 6.92 Å². The summed E-state index contributed by atoms with van der Waals surface area (Å²) in [7, 11) is -3.05. The third-order valence-electron chi connectivity index (χ3n) is 2.38. The monoisotopic (exact) mass is 322 g/mol. The highest BCUT2D eigenvalue weighted by molar-refractivity contribution is 7.89. The number of carboxylic acids is 1. The fraction of sp³-hybridized carbons (Fsp3) is 0.500. The molecule has 0 saturated carbocycles. The fourth-order valence-electron chi connectivity index (χ4n) is 1.43. The summed E-state index contributed by atoms with van der Waals surface area (Å²) in [6.07, 6.45) is 0.630. The van der Waals surface area contributed by atoms with Crippen LogP contribution in [0.25, 0.3) is 0 Å². The molecule has 2 N–H and O–H groups in total. The lowest BCUT2D eigenvalue weighted by Gasteiger charge is -2.13. The lowest BCUT2D eigenvalue weighted by Crippen LogP contribution is -2.40. The van der Waals surface area contributed by atoms with E-state index in [9.17, 15) is 18.0 Å². The van der Waals surface area contributed by atoms with Crippen LogP contribution in [0.2, 0.25) is 0 Å². The number of esters is 1. The Morgan fingerprint density at radius 1 is 1.55 bits per heavy atom. The number of rotatable bonds is 7. The van der Waals surface area contributed by atoms with E-state index in [-0.39, 0.29) is 17.0 Å². The minimum Gasteiger partial charge on any atom is -0.480 e. The Morgan fingerprint density at radius 3 is 2.70 bits per heavy atom. The van der Waals surface area contributed by atoms with Gasteiger partial charge in [-0.05, 0) is 18.0 Å². The molecular weight excluding hydrogens is 308 g/mol. The van der Waals surface area contributed by atoms with Crippen LogP contribution >= 0.6 is 11.5 Å². The largest absolute Gasteiger partial charge is 0.480 e. The van der Waals surface area contributed by atoms with Crippen LogP contribution in [-0.4, -0.2) is 43.0 Å². The number of ether oxygens (including phenoxy) is 1. The number of aliphatic carboxylic acids is 1. The molecule has 1 atom stereocenters. The average molecular weight is 322 g/mol. The first-order valence-electron chi connectivity index (χ1n) is 5.61. The van der Waals surface area contributed by atoms with E-state index in [0.29, 0.717) is 6.42 Å². The fourth-order valence-corrected chi connectivity index (χ4v) is 3.76. The maximum absolute atomic E-state index is 12.1. The highest BCUT2D eigenvalue weighted by Gasteiger charge is 2.30. The van der Waals surface area contributed by atoms with Crippen molar-refractivity contribution in [2.24, 2.45) is 0 Å². The number of methoxy groups -OCH3 is 1. The maximum atomic E-state index is 12.1. The maximum Gasteiger partial charge on any atom is 0.359 e. The van der Waals surface area contributed by atoms with Gasteiger partial charge in [-0.1, -0.05) is 13.3 Å². The van der Waals surface area contributed by atoms with Gasteiger partial charge >= 0.3 is 11.9 Å². The second-order valence-electron chi connectivity index (χ2n) is 3.82. The van der Waals surface area contributed by atoms with Crippen molar-refractivity contribution >= 4 is 33.5 Å². The van der Waals surface area contributed by atoms with Crippen LogP contribution in [0.1, 0.15) is 30.3 Å². The van der Waals surface area contributed by atoms with Gasteiger partial charge in [0.05, 0.1) is 7.11 Å². The van der Waals surface area contributed by atoms with Crippen molar-refractivity contribution in [1.29, 1.82) is 0 Å². The summed E-state index contributed by atoms with van der Waals surface area (Å²) in [5.41, 5.74) is -0.356. The Labute approximate surface area is 120 Å². The molecule has 10 heteroatoms. The summed E-state index contributed by atoms with van der Waals surface area (Å²) in [5, 5.41) is 10.1. The molecule has 20 heavy (non-hydrogen) atoms. The zero-order chi connectivity index (χ0) is 15.3. The summed E-state index contributed by atoms with van der Waals surface area (Å²) >= 11 is 0.768. The molecule has 1 aromatic heterocycles. The third kappa shape index (κ3) is 3.74. The van der Waals surface area contributed by atoms with E-state index in [1.807, 2.05) is 4.72 Å². The molecule has 112 valence electrons. The standard InChI is InChI=1S/C10H14N2O6S2/c1-3-4-6(9(13)14)12-20(16,17)7-5-19-11-8(7)10(15)18-2/h5-6,12H,3-4H2,1-2H3,(H,13,14). The van der Waals surface area contributed by atoms with E-state index in [0.717, 1.165) is 24.0 Å². The first-order valence-corrected chi connectivity index (χ1v) is 7.93. The molecular formula is C10H14N2O6S2. The lowest BCUT2D eigenvalue weighted by atomic mass is 10.2. The number of hydrogen-bond acceptors (Lipinski definition) is 7. The summed E-state index contributed by atoms with van der Waals surface area (Å²) in [6, 6.07) is -1.25. The van der Waals surface area contributed by atoms with Crippen LogP contribution in [0.5, 0.6) is 0 Å². The normalized spacial score (nSPS) is 12.9. The van der Waals surface area contributed by atoms with Gasteiger partial charge in [0.15, 0.2) is 5.69 Å². The molecule has 0 spiro atoms. The average Bonchev–Trinajstić information content (AvgIpc) is 2.87. The first kappa shape index (κ1) is 16.5. The zero-order valence-electron chi connectivity index (χ0n) is 10.8. The molecule has 0 aliphatic rings. The molecule has 0 aliphatic carbocycles. The van der Waals surface area contributed by atoms with E-state index in [2.05, 4.69) is 9.11 Å². The van der Waals surface area contributed by atoms with Crippen LogP contribution in [0, 0.1) is 0 Å².